The lowest BCUT2D eigenvalue weighted by molar-refractivity contribution is -0.140. The minimum absolute atomic E-state index is 0.116. The summed E-state index contributed by atoms with van der Waals surface area (Å²) in [7, 11) is 0. The Balaban J connectivity index is 1.85. The van der Waals surface area contributed by atoms with Gasteiger partial charge in [0.05, 0.1) is 12.6 Å². The molecule has 0 radical (unpaired) electrons. The van der Waals surface area contributed by atoms with Gasteiger partial charge in [0.25, 0.3) is 0 Å². The average molecular weight is 261 g/mol. The summed E-state index contributed by atoms with van der Waals surface area (Å²) in [6, 6.07) is 1.30. The number of carboxylic acid groups (broad SMARTS) is 1. The molecule has 0 fully saturated rings. The van der Waals surface area contributed by atoms with Crippen molar-refractivity contribution >= 4 is 23.7 Å². The van der Waals surface area contributed by atoms with Gasteiger partial charge in [0, 0.05) is 18.5 Å². The largest absolute Gasteiger partial charge is 0.485 e. The Morgan fingerprint density at radius 1 is 1.63 bits per heavy atom. The van der Waals surface area contributed by atoms with Gasteiger partial charge in [-0.15, -0.1) is 0 Å². The van der Waals surface area contributed by atoms with Gasteiger partial charge in [-0.25, -0.2) is 4.79 Å². The predicted molar refractivity (Wildman–Crippen MR) is 68.0 cm³/mol. The first-order valence-corrected chi connectivity index (χ1v) is 5.73. The minimum atomic E-state index is -1.02. The molecule has 0 spiro atoms. The normalized spacial score (nSPS) is 19.7. The fourth-order valence-corrected chi connectivity index (χ4v) is 2.16. The second-order valence-electron chi connectivity index (χ2n) is 4.25. The molecule has 7 heteroatoms. The first kappa shape index (κ1) is 11.5. The van der Waals surface area contributed by atoms with Crippen molar-refractivity contribution in [1.29, 1.82) is 0 Å². The lowest BCUT2D eigenvalue weighted by Crippen LogP contribution is -2.35. The molecule has 0 saturated heterocycles. The zero-order chi connectivity index (χ0) is 13.4. The van der Waals surface area contributed by atoms with Crippen LogP contribution in [0.1, 0.15) is 0 Å². The molecule has 1 aromatic rings. The van der Waals surface area contributed by atoms with Gasteiger partial charge >= 0.3 is 5.97 Å². The Labute approximate surface area is 107 Å². The smallest absolute Gasteiger partial charge is 0.341 e. The van der Waals surface area contributed by atoms with E-state index in [1.807, 2.05) is 4.90 Å². The molecule has 3 heterocycles. The number of ether oxygens (including phenoxy) is 1. The van der Waals surface area contributed by atoms with Crippen LogP contribution in [0.5, 0.6) is 0 Å². The summed E-state index contributed by atoms with van der Waals surface area (Å²) < 4.78 is 5.17. The van der Waals surface area contributed by atoms with E-state index in [9.17, 15) is 9.59 Å². The number of hydrogen-bond donors (Lipinski definition) is 2. The van der Waals surface area contributed by atoms with E-state index in [2.05, 4.69) is 9.98 Å². The van der Waals surface area contributed by atoms with Crippen molar-refractivity contribution < 1.29 is 14.6 Å². The number of aliphatic imine (C=N–C) groups is 1. The molecule has 2 aliphatic rings. The highest BCUT2D eigenvalue weighted by atomic mass is 16.5. The quantitative estimate of drug-likeness (QED) is 0.814. The van der Waals surface area contributed by atoms with E-state index in [4.69, 9.17) is 9.84 Å². The number of aliphatic carboxylic acids is 1. The summed E-state index contributed by atoms with van der Waals surface area (Å²) in [5.41, 5.74) is 0.218. The number of fused-ring (bicyclic) bond motifs is 3. The maximum atomic E-state index is 11.7. The number of anilines is 1. The van der Waals surface area contributed by atoms with Crippen LogP contribution in [0.3, 0.4) is 0 Å². The number of nitrogens with zero attached hydrogens (tertiary/aromatic N) is 2. The second-order valence-corrected chi connectivity index (χ2v) is 4.25. The SMILES string of the molecule is O=C(O)COC1=CC2C=Nc3c([nH]ccc3=O)N2C1. The summed E-state index contributed by atoms with van der Waals surface area (Å²) >= 11 is 0. The van der Waals surface area contributed by atoms with Crippen LogP contribution in [0.15, 0.2) is 33.9 Å². The van der Waals surface area contributed by atoms with Crippen LogP contribution in [0.25, 0.3) is 0 Å². The molecular formula is C12H11N3O4. The first-order chi connectivity index (χ1) is 9.15. The van der Waals surface area contributed by atoms with Gasteiger partial charge in [-0.2, -0.15) is 0 Å². The first-order valence-electron chi connectivity index (χ1n) is 5.73. The zero-order valence-electron chi connectivity index (χ0n) is 9.87. The number of H-pyrrole nitrogens is 1. The molecule has 1 atom stereocenters. The molecule has 2 N–H and O–H groups in total. The van der Waals surface area contributed by atoms with Crippen molar-refractivity contribution in [3.8, 4) is 0 Å². The summed E-state index contributed by atoms with van der Waals surface area (Å²) in [6.07, 6.45) is 5.00. The number of hydrogen-bond acceptors (Lipinski definition) is 5. The number of aromatic nitrogens is 1. The molecule has 0 aliphatic carbocycles. The molecule has 3 rings (SSSR count). The van der Waals surface area contributed by atoms with Crippen LogP contribution in [-0.4, -0.2) is 41.5 Å². The van der Waals surface area contributed by atoms with E-state index in [1.54, 1.807) is 18.5 Å². The summed E-state index contributed by atoms with van der Waals surface area (Å²) in [5, 5.41) is 8.59. The standard InChI is InChI=1S/C12H11N3O4/c16-9-1-2-13-12-11(9)14-4-7-3-8(5-15(7)12)19-6-10(17)18/h1-4,7H,5-6H2,(H,13,16)(H,17,18). The molecule has 2 aliphatic heterocycles. The third-order valence-corrected chi connectivity index (χ3v) is 2.98. The number of pyridine rings is 1. The van der Waals surface area contributed by atoms with E-state index in [0.29, 0.717) is 23.8 Å². The van der Waals surface area contributed by atoms with Crippen LogP contribution in [0.2, 0.25) is 0 Å². The van der Waals surface area contributed by atoms with E-state index >= 15 is 0 Å². The van der Waals surface area contributed by atoms with Crippen molar-refractivity contribution in [2.45, 2.75) is 6.04 Å². The average Bonchev–Trinajstić information content (AvgIpc) is 2.80. The van der Waals surface area contributed by atoms with Gasteiger partial charge in [-0.3, -0.25) is 9.79 Å². The van der Waals surface area contributed by atoms with Gasteiger partial charge in [0.2, 0.25) is 5.43 Å². The lowest BCUT2D eigenvalue weighted by Gasteiger charge is -2.27. The molecule has 0 amide bonds. The molecule has 98 valence electrons. The van der Waals surface area contributed by atoms with Gasteiger partial charge in [-0.05, 0) is 6.08 Å². The van der Waals surface area contributed by atoms with Crippen LogP contribution >= 0.6 is 0 Å². The fraction of sp³-hybridized carbons (Fsp3) is 0.250. The molecule has 1 aromatic heterocycles. The number of aromatic amines is 1. The highest BCUT2D eigenvalue weighted by molar-refractivity contribution is 5.85. The van der Waals surface area contributed by atoms with E-state index in [-0.39, 0.29) is 18.1 Å². The van der Waals surface area contributed by atoms with Crippen molar-refractivity contribution in [3.63, 3.8) is 0 Å². The monoisotopic (exact) mass is 261 g/mol. The maximum absolute atomic E-state index is 11.7. The van der Waals surface area contributed by atoms with Crippen LogP contribution < -0.4 is 10.3 Å². The number of carbonyl (C=O) groups is 1. The summed E-state index contributed by atoms with van der Waals surface area (Å²) in [4.78, 5) is 31.2. The van der Waals surface area contributed by atoms with E-state index in [1.165, 1.54) is 6.07 Å². The minimum Gasteiger partial charge on any atom is -0.485 e. The fourth-order valence-electron chi connectivity index (χ4n) is 2.16. The van der Waals surface area contributed by atoms with E-state index < -0.39 is 5.97 Å². The predicted octanol–water partition coefficient (Wildman–Crippen LogP) is 0.264. The lowest BCUT2D eigenvalue weighted by atomic mass is 10.2. The molecule has 0 bridgehead atoms. The summed E-state index contributed by atoms with van der Waals surface area (Å²) in [6.45, 7) is 0.0403. The molecule has 19 heavy (non-hydrogen) atoms. The highest BCUT2D eigenvalue weighted by Crippen LogP contribution is 2.31. The molecule has 1 unspecified atom stereocenters. The summed E-state index contributed by atoms with van der Waals surface area (Å²) in [5.74, 6) is 0.176. The van der Waals surface area contributed by atoms with Crippen molar-refractivity contribution in [2.75, 3.05) is 18.1 Å². The molecule has 7 nitrogen and oxygen atoms in total. The topological polar surface area (TPSA) is 95.0 Å². The Morgan fingerprint density at radius 3 is 3.26 bits per heavy atom. The Bertz CT molecular complexity index is 647. The second kappa shape index (κ2) is 4.27. The van der Waals surface area contributed by atoms with Crippen LogP contribution in [0.4, 0.5) is 11.5 Å². The maximum Gasteiger partial charge on any atom is 0.341 e. The number of rotatable bonds is 3. The van der Waals surface area contributed by atoms with Gasteiger partial charge in [-0.1, -0.05) is 0 Å². The van der Waals surface area contributed by atoms with Crippen molar-refractivity contribution in [1.82, 2.24) is 4.98 Å². The van der Waals surface area contributed by atoms with Gasteiger partial charge in [0.1, 0.15) is 11.6 Å². The third kappa shape index (κ3) is 1.99. The van der Waals surface area contributed by atoms with Crippen LogP contribution in [0, 0.1) is 0 Å². The Hall–Kier alpha value is -2.57. The molecule has 0 saturated carbocycles. The van der Waals surface area contributed by atoms with Crippen molar-refractivity contribution in [2.24, 2.45) is 4.99 Å². The van der Waals surface area contributed by atoms with Gasteiger partial charge < -0.3 is 19.7 Å². The Kier molecular flexibility index (Phi) is 2.59. The third-order valence-electron chi connectivity index (χ3n) is 2.98. The number of carboxylic acids is 1. The Morgan fingerprint density at radius 2 is 2.47 bits per heavy atom. The number of nitrogens with one attached hydrogen (secondary N) is 1. The van der Waals surface area contributed by atoms with Crippen LogP contribution in [-0.2, 0) is 9.53 Å². The zero-order valence-corrected chi connectivity index (χ0v) is 9.87. The van der Waals surface area contributed by atoms with Crippen molar-refractivity contribution in [3.05, 3.63) is 34.3 Å². The highest BCUT2D eigenvalue weighted by Gasteiger charge is 2.30. The van der Waals surface area contributed by atoms with E-state index in [0.717, 1.165) is 0 Å². The molecular weight excluding hydrogens is 250 g/mol. The molecule has 0 aromatic carbocycles. The van der Waals surface area contributed by atoms with Gasteiger partial charge in [0.15, 0.2) is 12.3 Å².